The van der Waals surface area contributed by atoms with Crippen LogP contribution in [-0.2, 0) is 5.41 Å². The van der Waals surface area contributed by atoms with E-state index in [9.17, 15) is 0 Å². The van der Waals surface area contributed by atoms with Gasteiger partial charge in [0, 0.05) is 47.5 Å². The van der Waals surface area contributed by atoms with Crippen LogP contribution < -0.4 is 10.6 Å². The molecule has 286 valence electrons. The van der Waals surface area contributed by atoms with Gasteiger partial charge in [0.2, 0.25) is 0 Å². The smallest absolute Gasteiger partial charge is 0.135 e. The Morgan fingerprint density at radius 3 is 1.93 bits per heavy atom. The molecule has 3 aliphatic rings. The first-order valence-corrected chi connectivity index (χ1v) is 21.3. The summed E-state index contributed by atoms with van der Waals surface area (Å²) in [4.78, 5) is 1.23. The van der Waals surface area contributed by atoms with E-state index in [1.165, 1.54) is 65.1 Å². The van der Waals surface area contributed by atoms with Crippen LogP contribution in [0.3, 0.4) is 0 Å². The maximum atomic E-state index is 6.42. The van der Waals surface area contributed by atoms with E-state index in [4.69, 9.17) is 8.83 Å². The highest BCUT2D eigenvalue weighted by molar-refractivity contribution is 7.20. The number of benzene rings is 5. The van der Waals surface area contributed by atoms with Crippen LogP contribution in [0, 0.1) is 0 Å². The quantitative estimate of drug-likeness (QED) is 0.174. The summed E-state index contributed by atoms with van der Waals surface area (Å²) in [5.41, 5.74) is 14.6. The summed E-state index contributed by atoms with van der Waals surface area (Å²) >= 11 is 1.88. The minimum atomic E-state index is -0.234. The number of allylic oxidation sites excluding steroid dienone is 12. The molecule has 0 atom stereocenters. The van der Waals surface area contributed by atoms with Gasteiger partial charge in [-0.15, -0.1) is 11.3 Å². The Balaban J connectivity index is 0.985. The van der Waals surface area contributed by atoms with E-state index < -0.39 is 0 Å². The van der Waals surface area contributed by atoms with Gasteiger partial charge < -0.3 is 8.83 Å². The summed E-state index contributed by atoms with van der Waals surface area (Å²) in [5.74, 6) is 0.849. The topological polar surface area (TPSA) is 26.3 Å². The van der Waals surface area contributed by atoms with Crippen molar-refractivity contribution in [1.82, 2.24) is 0 Å². The maximum absolute atomic E-state index is 6.42. The van der Waals surface area contributed by atoms with Crippen molar-refractivity contribution in [1.29, 1.82) is 0 Å². The summed E-state index contributed by atoms with van der Waals surface area (Å²) in [7, 11) is 0. The van der Waals surface area contributed by atoms with Crippen LogP contribution in [-0.4, -0.2) is 0 Å². The first-order chi connectivity index (χ1) is 29.5. The van der Waals surface area contributed by atoms with Gasteiger partial charge in [0.05, 0.1) is 0 Å². The van der Waals surface area contributed by atoms with Crippen molar-refractivity contribution in [2.75, 3.05) is 0 Å². The second-order valence-corrected chi connectivity index (χ2v) is 17.0. The maximum Gasteiger partial charge on any atom is 0.135 e. The lowest BCUT2D eigenvalue weighted by atomic mass is 9.80. The van der Waals surface area contributed by atoms with Gasteiger partial charge >= 0.3 is 0 Å². The molecule has 0 radical (unpaired) electrons. The van der Waals surface area contributed by atoms with Crippen molar-refractivity contribution in [2.45, 2.75) is 19.3 Å². The third-order valence-electron chi connectivity index (χ3n) is 12.0. The van der Waals surface area contributed by atoms with E-state index in [2.05, 4.69) is 220 Å². The molecule has 0 fully saturated rings. The molecular weight excluding hydrogens is 749 g/mol. The fraction of sp³-hybridized carbons (Fsp3) is 0.0526. The zero-order chi connectivity index (χ0) is 40.2. The van der Waals surface area contributed by atoms with E-state index in [1.54, 1.807) is 0 Å². The molecule has 2 nitrogen and oxygen atoms in total. The first kappa shape index (κ1) is 35.9. The zero-order valence-corrected chi connectivity index (χ0v) is 34.2. The van der Waals surface area contributed by atoms with Gasteiger partial charge in [0.25, 0.3) is 0 Å². The molecule has 0 N–H and O–H groups in total. The van der Waals surface area contributed by atoms with Crippen LogP contribution in [0.15, 0.2) is 184 Å². The molecule has 0 bridgehead atoms. The largest absolute Gasteiger partial charge is 0.456 e. The first-order valence-electron chi connectivity index (χ1n) is 20.5. The number of furan rings is 2. The molecule has 0 spiro atoms. The number of fused-ring (bicyclic) bond motifs is 12. The highest BCUT2D eigenvalue weighted by atomic mass is 32.1. The number of thiophene rings is 1. The fourth-order valence-corrected chi connectivity index (χ4v) is 10.5. The standard InChI is InChI=1S/C57H40O2S/c1-57(2)49-25-14-12-22-42-47-35-39(37-17-6-3-7-18-37)29-33-52(47)59-51(42)27-15-13-21-41(49)45-31-32-46-44-23-10-5-11-26-50-43(24-16-28-54(44)60-56(46)55(45)57)48-36-40(30-34-53(48)58-50)38-19-8-4-9-20-38/h3-36H,1-2H3/b10-5?,11-5+,14-12?,15-13?,21-13-,22-12+,23-10+,24-16?,25-14+,26-11?,27-15-,28-16-,41-21?,42-22?,43-24-,44-23?,49-25?,50-26+,51-27?,54-28?. The Labute approximate surface area is 353 Å². The van der Waals surface area contributed by atoms with Crippen LogP contribution in [0.25, 0.3) is 96.3 Å². The minimum absolute atomic E-state index is 0.234. The summed E-state index contributed by atoms with van der Waals surface area (Å²) in [6, 6.07) is 38.6. The van der Waals surface area contributed by atoms with Crippen molar-refractivity contribution < 1.29 is 8.83 Å². The molecule has 5 aromatic carbocycles. The third kappa shape index (κ3) is 6.09. The normalized spacial score (nSPS) is 20.2. The molecule has 3 aromatic heterocycles. The minimum Gasteiger partial charge on any atom is -0.456 e. The average Bonchev–Trinajstić information content (AvgIpc) is 3.97. The molecule has 0 saturated heterocycles. The molecule has 60 heavy (non-hydrogen) atoms. The predicted molar refractivity (Wildman–Crippen MR) is 257 cm³/mol. The van der Waals surface area contributed by atoms with Crippen molar-refractivity contribution in [3.8, 4) is 22.3 Å². The van der Waals surface area contributed by atoms with Crippen LogP contribution in [0.5, 0.6) is 0 Å². The number of hydrogen-bond acceptors (Lipinski definition) is 3. The van der Waals surface area contributed by atoms with Crippen LogP contribution in [0.1, 0.15) is 46.7 Å². The van der Waals surface area contributed by atoms with Gasteiger partial charge in [-0.25, -0.2) is 0 Å². The van der Waals surface area contributed by atoms with Crippen molar-refractivity contribution in [3.05, 3.63) is 219 Å². The number of rotatable bonds is 2. The van der Waals surface area contributed by atoms with E-state index in [-0.39, 0.29) is 5.41 Å². The van der Waals surface area contributed by atoms with E-state index >= 15 is 0 Å². The molecule has 3 heterocycles. The lowest BCUT2D eigenvalue weighted by Crippen LogP contribution is -2.19. The highest BCUT2D eigenvalue weighted by Crippen LogP contribution is 2.53. The van der Waals surface area contributed by atoms with Crippen LogP contribution >= 0.6 is 11.3 Å². The molecule has 0 amide bonds. The molecule has 8 aromatic rings. The van der Waals surface area contributed by atoms with Gasteiger partial charge in [0.15, 0.2) is 0 Å². The Bertz CT molecular complexity index is 3420. The summed E-state index contributed by atoms with van der Waals surface area (Å²) < 4.78 is 14.1. The Kier molecular flexibility index (Phi) is 8.72. The van der Waals surface area contributed by atoms with Crippen molar-refractivity contribution >= 4 is 85.4 Å². The van der Waals surface area contributed by atoms with Gasteiger partial charge in [-0.2, -0.15) is 0 Å². The van der Waals surface area contributed by atoms with Crippen LogP contribution in [0.2, 0.25) is 0 Å². The second-order valence-electron chi connectivity index (χ2n) is 16.0. The molecule has 0 unspecified atom stereocenters. The second kappa shape index (κ2) is 14.6. The van der Waals surface area contributed by atoms with E-state index in [0.717, 1.165) is 43.9 Å². The molecule has 3 heteroatoms. The predicted octanol–water partition coefficient (Wildman–Crippen LogP) is 14.5. The summed E-state index contributed by atoms with van der Waals surface area (Å²) in [5, 5.41) is 4.56. The molecular formula is C57H40O2S. The van der Waals surface area contributed by atoms with Crippen molar-refractivity contribution in [3.63, 3.8) is 0 Å². The highest BCUT2D eigenvalue weighted by Gasteiger charge is 2.38. The van der Waals surface area contributed by atoms with Gasteiger partial charge in [-0.1, -0.05) is 178 Å². The lowest BCUT2D eigenvalue weighted by Gasteiger charge is -2.23. The lowest BCUT2D eigenvalue weighted by molar-refractivity contribution is 0.576. The van der Waals surface area contributed by atoms with Gasteiger partial charge in [-0.05, 0) is 87.0 Å². The Hall–Kier alpha value is -7.20. The Morgan fingerprint density at radius 2 is 1.15 bits per heavy atom. The average molecular weight is 789 g/mol. The third-order valence-corrected chi connectivity index (χ3v) is 13.2. The molecule has 11 rings (SSSR count). The molecule has 0 aliphatic heterocycles. The monoisotopic (exact) mass is 788 g/mol. The fourth-order valence-electron chi connectivity index (χ4n) is 9.11. The summed E-state index contributed by atoms with van der Waals surface area (Å²) in [6.07, 6.45) is 34.7. The van der Waals surface area contributed by atoms with Crippen molar-refractivity contribution in [2.24, 2.45) is 0 Å². The van der Waals surface area contributed by atoms with Crippen LogP contribution in [0.4, 0.5) is 0 Å². The SMILES string of the molecule is CC1(C)C2=C(/C=C\C=C/c3oc4ccc(-c5ccccc5)cc4c3/C=C/C=C/2)c2ccc3c4c(sc3c21)\C=C/C=c1\c(oc2ccc(-c3ccccc3)cc12)=C/C=C/C=C/4. The zero-order valence-electron chi connectivity index (χ0n) is 33.4. The van der Waals surface area contributed by atoms with Gasteiger partial charge in [0.1, 0.15) is 22.3 Å². The van der Waals surface area contributed by atoms with E-state index in [0.29, 0.717) is 0 Å². The summed E-state index contributed by atoms with van der Waals surface area (Å²) in [6.45, 7) is 4.75. The van der Waals surface area contributed by atoms with Gasteiger partial charge in [-0.3, -0.25) is 0 Å². The Morgan fingerprint density at radius 1 is 0.483 bits per heavy atom. The van der Waals surface area contributed by atoms with E-state index in [1.807, 2.05) is 11.3 Å². The molecule has 3 aliphatic carbocycles. The number of hydrogen-bond donors (Lipinski definition) is 0. The molecule has 0 saturated carbocycles.